The molecule has 16 heavy (non-hydrogen) atoms. The third-order valence-electron chi connectivity index (χ3n) is 2.67. The molecule has 1 aromatic carbocycles. The van der Waals surface area contributed by atoms with Gasteiger partial charge in [-0.15, -0.1) is 0 Å². The van der Waals surface area contributed by atoms with Gasteiger partial charge in [-0.2, -0.15) is 5.26 Å². The van der Waals surface area contributed by atoms with Crippen LogP contribution in [0.25, 0.3) is 0 Å². The van der Waals surface area contributed by atoms with Gasteiger partial charge in [0.25, 0.3) is 0 Å². The average molecular weight is 237 g/mol. The van der Waals surface area contributed by atoms with Gasteiger partial charge < -0.3 is 9.64 Å². The molecule has 1 heterocycles. The Kier molecular flexibility index (Phi) is 3.66. The van der Waals surface area contributed by atoms with Gasteiger partial charge in [0.2, 0.25) is 0 Å². The molecule has 2 rings (SSSR count). The van der Waals surface area contributed by atoms with Crippen molar-refractivity contribution in [2.45, 2.75) is 6.42 Å². The third-order valence-corrected chi connectivity index (χ3v) is 2.98. The van der Waals surface area contributed by atoms with Crippen LogP contribution in [0.5, 0.6) is 0 Å². The zero-order valence-electron chi connectivity index (χ0n) is 8.95. The monoisotopic (exact) mass is 236 g/mol. The molecule has 4 heteroatoms. The highest BCUT2D eigenvalue weighted by Crippen LogP contribution is 2.27. The van der Waals surface area contributed by atoms with E-state index in [0.717, 1.165) is 31.8 Å². The molecule has 3 nitrogen and oxygen atoms in total. The molecule has 1 aliphatic heterocycles. The van der Waals surface area contributed by atoms with Crippen molar-refractivity contribution in [3.8, 4) is 6.07 Å². The van der Waals surface area contributed by atoms with E-state index in [2.05, 4.69) is 11.0 Å². The fourth-order valence-corrected chi connectivity index (χ4v) is 2.09. The summed E-state index contributed by atoms with van der Waals surface area (Å²) in [6, 6.07) is 7.73. The van der Waals surface area contributed by atoms with Gasteiger partial charge in [-0.1, -0.05) is 17.7 Å². The van der Waals surface area contributed by atoms with Crippen LogP contribution in [0.15, 0.2) is 18.2 Å². The van der Waals surface area contributed by atoms with Crippen LogP contribution in [-0.4, -0.2) is 26.3 Å². The maximum Gasteiger partial charge on any atom is 0.103 e. The summed E-state index contributed by atoms with van der Waals surface area (Å²) in [5.74, 6) is 0. The maximum atomic E-state index is 9.11. The first-order valence-electron chi connectivity index (χ1n) is 5.34. The topological polar surface area (TPSA) is 36.3 Å². The Hall–Kier alpha value is -1.24. The highest BCUT2D eigenvalue weighted by atomic mass is 35.5. The molecule has 1 fully saturated rings. The smallest absolute Gasteiger partial charge is 0.103 e. The van der Waals surface area contributed by atoms with Crippen molar-refractivity contribution in [2.24, 2.45) is 0 Å². The number of rotatable bonds is 1. The standard InChI is InChI=1S/C12H13ClN2O/c13-11-3-1-4-12(10(11)9-14)15-5-2-7-16-8-6-15/h1,3-4H,2,5-8H2. The average Bonchev–Trinajstić information content (AvgIpc) is 2.57. The van der Waals surface area contributed by atoms with Crippen LogP contribution >= 0.6 is 11.6 Å². The lowest BCUT2D eigenvalue weighted by atomic mass is 10.1. The molecule has 0 aromatic heterocycles. The van der Waals surface area contributed by atoms with Crippen LogP contribution in [0.1, 0.15) is 12.0 Å². The van der Waals surface area contributed by atoms with E-state index in [9.17, 15) is 0 Å². The van der Waals surface area contributed by atoms with Gasteiger partial charge in [0.05, 0.1) is 22.9 Å². The Balaban J connectivity index is 2.31. The van der Waals surface area contributed by atoms with Crippen LogP contribution in [-0.2, 0) is 4.74 Å². The minimum absolute atomic E-state index is 0.519. The van der Waals surface area contributed by atoms with Crippen molar-refractivity contribution < 1.29 is 4.74 Å². The van der Waals surface area contributed by atoms with E-state index in [4.69, 9.17) is 21.6 Å². The molecule has 0 saturated carbocycles. The van der Waals surface area contributed by atoms with Crippen LogP contribution in [0.3, 0.4) is 0 Å². The number of nitrogens with zero attached hydrogens (tertiary/aromatic N) is 2. The van der Waals surface area contributed by atoms with E-state index in [1.54, 1.807) is 6.07 Å². The second-order valence-corrected chi connectivity index (χ2v) is 4.11. The molecule has 0 N–H and O–H groups in total. The summed E-state index contributed by atoms with van der Waals surface area (Å²) in [6.45, 7) is 3.22. The fourth-order valence-electron chi connectivity index (χ4n) is 1.87. The number of ether oxygens (including phenoxy) is 1. The Labute approximate surface area is 100 Å². The van der Waals surface area contributed by atoms with Crippen molar-refractivity contribution >= 4 is 17.3 Å². The minimum Gasteiger partial charge on any atom is -0.380 e. The van der Waals surface area contributed by atoms with Crippen molar-refractivity contribution in [1.29, 1.82) is 5.26 Å². The Morgan fingerprint density at radius 3 is 3.00 bits per heavy atom. The van der Waals surface area contributed by atoms with Gasteiger partial charge in [-0.3, -0.25) is 0 Å². The van der Waals surface area contributed by atoms with Crippen molar-refractivity contribution in [2.75, 3.05) is 31.2 Å². The number of nitriles is 1. The molecular weight excluding hydrogens is 224 g/mol. The number of anilines is 1. The van der Waals surface area contributed by atoms with Crippen molar-refractivity contribution in [1.82, 2.24) is 0 Å². The predicted molar refractivity (Wildman–Crippen MR) is 63.8 cm³/mol. The third kappa shape index (κ3) is 2.29. The zero-order chi connectivity index (χ0) is 11.4. The zero-order valence-corrected chi connectivity index (χ0v) is 9.70. The number of hydrogen-bond acceptors (Lipinski definition) is 3. The second kappa shape index (κ2) is 5.20. The SMILES string of the molecule is N#Cc1c(Cl)cccc1N1CCCOCC1. The molecule has 0 aliphatic carbocycles. The molecule has 0 amide bonds. The molecule has 0 atom stereocenters. The first-order chi connectivity index (χ1) is 7.83. The highest BCUT2D eigenvalue weighted by molar-refractivity contribution is 6.32. The van der Waals surface area contributed by atoms with Crippen LogP contribution in [0.2, 0.25) is 5.02 Å². The van der Waals surface area contributed by atoms with E-state index in [1.807, 2.05) is 12.1 Å². The molecule has 0 spiro atoms. The molecule has 0 radical (unpaired) electrons. The predicted octanol–water partition coefficient (Wildman–Crippen LogP) is 2.44. The van der Waals surface area contributed by atoms with Crippen LogP contribution in [0, 0.1) is 11.3 Å². The molecule has 1 aliphatic rings. The summed E-state index contributed by atoms with van der Waals surface area (Å²) >= 11 is 6.01. The molecule has 0 bridgehead atoms. The molecule has 1 saturated heterocycles. The fraction of sp³-hybridized carbons (Fsp3) is 0.417. The highest BCUT2D eigenvalue weighted by Gasteiger charge is 2.15. The lowest BCUT2D eigenvalue weighted by molar-refractivity contribution is 0.152. The Morgan fingerprint density at radius 1 is 1.31 bits per heavy atom. The Bertz CT molecular complexity index is 406. The summed E-state index contributed by atoms with van der Waals surface area (Å²) < 4.78 is 5.39. The molecule has 84 valence electrons. The van der Waals surface area contributed by atoms with Gasteiger partial charge in [-0.25, -0.2) is 0 Å². The van der Waals surface area contributed by atoms with Crippen molar-refractivity contribution in [3.63, 3.8) is 0 Å². The Morgan fingerprint density at radius 2 is 2.19 bits per heavy atom. The van der Waals surface area contributed by atoms with Gasteiger partial charge >= 0.3 is 0 Å². The molecule has 1 aromatic rings. The van der Waals surface area contributed by atoms with Gasteiger partial charge in [-0.05, 0) is 18.6 Å². The summed E-state index contributed by atoms with van der Waals surface area (Å²) in [6.07, 6.45) is 0.984. The maximum absolute atomic E-state index is 9.11. The summed E-state index contributed by atoms with van der Waals surface area (Å²) in [5.41, 5.74) is 1.48. The summed E-state index contributed by atoms with van der Waals surface area (Å²) in [5, 5.41) is 9.63. The van der Waals surface area contributed by atoms with E-state index in [-0.39, 0.29) is 0 Å². The first-order valence-corrected chi connectivity index (χ1v) is 5.72. The summed E-state index contributed by atoms with van der Waals surface area (Å²) in [7, 11) is 0. The van der Waals surface area contributed by atoms with Gasteiger partial charge in [0.15, 0.2) is 0 Å². The van der Waals surface area contributed by atoms with E-state index >= 15 is 0 Å². The second-order valence-electron chi connectivity index (χ2n) is 3.70. The number of hydrogen-bond donors (Lipinski definition) is 0. The normalized spacial score (nSPS) is 16.6. The lowest BCUT2D eigenvalue weighted by Gasteiger charge is -2.23. The largest absolute Gasteiger partial charge is 0.380 e. The van der Waals surface area contributed by atoms with E-state index in [1.165, 1.54) is 0 Å². The lowest BCUT2D eigenvalue weighted by Crippen LogP contribution is -2.26. The minimum atomic E-state index is 0.519. The molecular formula is C12H13ClN2O. The number of benzene rings is 1. The van der Waals surface area contributed by atoms with E-state index < -0.39 is 0 Å². The van der Waals surface area contributed by atoms with Crippen LogP contribution in [0.4, 0.5) is 5.69 Å². The quantitative estimate of drug-likeness (QED) is 0.752. The van der Waals surface area contributed by atoms with Crippen LogP contribution < -0.4 is 4.90 Å². The molecule has 0 unspecified atom stereocenters. The van der Waals surface area contributed by atoms with Gasteiger partial charge in [0, 0.05) is 19.7 Å². The first kappa shape index (κ1) is 11.3. The van der Waals surface area contributed by atoms with Crippen molar-refractivity contribution in [3.05, 3.63) is 28.8 Å². The number of halogens is 1. The summed E-state index contributed by atoms with van der Waals surface area (Å²) in [4.78, 5) is 2.16. The van der Waals surface area contributed by atoms with Gasteiger partial charge in [0.1, 0.15) is 6.07 Å². The van der Waals surface area contributed by atoms with E-state index in [0.29, 0.717) is 17.2 Å².